The summed E-state index contributed by atoms with van der Waals surface area (Å²) in [6.45, 7) is 9.57. The molecule has 3 rings (SSSR count). The van der Waals surface area contributed by atoms with Crippen LogP contribution >= 0.6 is 0 Å². The molecule has 2 unspecified atom stereocenters. The lowest BCUT2D eigenvalue weighted by Crippen LogP contribution is -2.40. The molecule has 1 amide bonds. The van der Waals surface area contributed by atoms with Crippen LogP contribution in [0.15, 0.2) is 17.2 Å². The van der Waals surface area contributed by atoms with Crippen LogP contribution in [0.2, 0.25) is 0 Å². The average molecular weight is 411 g/mol. The number of hydrogen-bond donors (Lipinski definition) is 1. The number of aryl methyl sites for hydroxylation is 1. The number of nitrogens with zero attached hydrogens (tertiary/aromatic N) is 3. The van der Waals surface area contributed by atoms with Gasteiger partial charge in [-0.1, -0.05) is 13.8 Å². The molecule has 2 saturated heterocycles. The van der Waals surface area contributed by atoms with E-state index in [1.165, 1.54) is 16.8 Å². The molecule has 1 N–H and O–H groups in total. The lowest BCUT2D eigenvalue weighted by Gasteiger charge is -2.34. The molecule has 2 aliphatic rings. The molecule has 0 bridgehead atoms. The van der Waals surface area contributed by atoms with E-state index in [-0.39, 0.29) is 10.8 Å². The van der Waals surface area contributed by atoms with Crippen molar-refractivity contribution < 1.29 is 13.2 Å². The number of sulfonamides is 1. The van der Waals surface area contributed by atoms with Crippen LogP contribution in [0.4, 0.5) is 0 Å². The monoisotopic (exact) mass is 410 g/mol. The van der Waals surface area contributed by atoms with E-state index in [0.29, 0.717) is 25.3 Å². The molecule has 0 radical (unpaired) electrons. The summed E-state index contributed by atoms with van der Waals surface area (Å²) in [7, 11) is -1.78. The third-order valence-corrected chi connectivity index (χ3v) is 7.66. The third kappa shape index (κ3) is 4.96. The van der Waals surface area contributed by atoms with Crippen molar-refractivity contribution in [1.29, 1.82) is 0 Å². The molecule has 2 aliphatic heterocycles. The number of rotatable bonds is 7. The van der Waals surface area contributed by atoms with Gasteiger partial charge in [-0.3, -0.25) is 4.79 Å². The summed E-state index contributed by atoms with van der Waals surface area (Å²) in [5, 5.41) is 2.94. The highest BCUT2D eigenvalue weighted by atomic mass is 32.2. The smallest absolute Gasteiger partial charge is 0.267 e. The molecule has 0 saturated carbocycles. The van der Waals surface area contributed by atoms with E-state index in [0.717, 1.165) is 50.7 Å². The fraction of sp³-hybridized carbons (Fsp3) is 0.750. The van der Waals surface area contributed by atoms with Gasteiger partial charge in [0, 0.05) is 46.0 Å². The number of aromatic nitrogens is 1. The van der Waals surface area contributed by atoms with E-state index in [9.17, 15) is 13.2 Å². The Bertz CT molecular complexity index is 773. The molecule has 3 heterocycles. The van der Waals surface area contributed by atoms with Crippen molar-refractivity contribution in [3.63, 3.8) is 0 Å². The summed E-state index contributed by atoms with van der Waals surface area (Å²) in [6, 6.07) is 1.50. The Morgan fingerprint density at radius 3 is 2.46 bits per heavy atom. The van der Waals surface area contributed by atoms with Crippen LogP contribution < -0.4 is 5.32 Å². The minimum Gasteiger partial charge on any atom is -0.351 e. The van der Waals surface area contributed by atoms with E-state index in [1.54, 1.807) is 17.8 Å². The minimum atomic E-state index is -3.50. The van der Waals surface area contributed by atoms with Crippen LogP contribution in [0.1, 0.15) is 50.0 Å². The number of nitrogens with one attached hydrogen (secondary N) is 1. The van der Waals surface area contributed by atoms with Gasteiger partial charge in [0.1, 0.15) is 10.6 Å². The predicted octanol–water partition coefficient (Wildman–Crippen LogP) is 1.91. The van der Waals surface area contributed by atoms with Gasteiger partial charge in [-0.15, -0.1) is 0 Å². The number of amides is 1. The zero-order valence-electron chi connectivity index (χ0n) is 17.4. The van der Waals surface area contributed by atoms with E-state index < -0.39 is 10.0 Å². The number of piperidine rings is 1. The van der Waals surface area contributed by atoms with Gasteiger partial charge < -0.3 is 14.8 Å². The van der Waals surface area contributed by atoms with Crippen molar-refractivity contribution in [2.75, 3.05) is 39.3 Å². The summed E-state index contributed by atoms with van der Waals surface area (Å²) >= 11 is 0. The number of carbonyl (C=O) groups excluding carboxylic acids is 1. The molecular weight excluding hydrogens is 376 g/mol. The van der Waals surface area contributed by atoms with Gasteiger partial charge in [0.05, 0.1) is 0 Å². The molecule has 2 fully saturated rings. The topological polar surface area (TPSA) is 74.7 Å². The first kappa shape index (κ1) is 21.3. The van der Waals surface area contributed by atoms with Crippen molar-refractivity contribution in [1.82, 2.24) is 19.1 Å². The van der Waals surface area contributed by atoms with Gasteiger partial charge in [0.25, 0.3) is 5.91 Å². The second kappa shape index (κ2) is 8.97. The molecule has 1 aromatic heterocycles. The summed E-state index contributed by atoms with van der Waals surface area (Å²) in [6.07, 6.45) is 5.53. The van der Waals surface area contributed by atoms with Crippen LogP contribution in [0.3, 0.4) is 0 Å². The van der Waals surface area contributed by atoms with Crippen LogP contribution in [0.25, 0.3) is 0 Å². The maximum absolute atomic E-state index is 12.7. The SMILES string of the molecule is CC1CC(C)CN(CCCNC(=O)c2cc(S(=O)(=O)N3CCCC3)cn2C)C1. The van der Waals surface area contributed by atoms with Crippen molar-refractivity contribution in [2.24, 2.45) is 18.9 Å². The van der Waals surface area contributed by atoms with Crippen LogP contribution in [-0.4, -0.2) is 67.4 Å². The largest absolute Gasteiger partial charge is 0.351 e. The van der Waals surface area contributed by atoms with Gasteiger partial charge in [-0.05, 0) is 50.1 Å². The van der Waals surface area contributed by atoms with Crippen LogP contribution in [-0.2, 0) is 17.1 Å². The Labute approximate surface area is 169 Å². The summed E-state index contributed by atoms with van der Waals surface area (Å²) < 4.78 is 28.5. The van der Waals surface area contributed by atoms with Crippen molar-refractivity contribution in [3.05, 3.63) is 18.0 Å². The maximum Gasteiger partial charge on any atom is 0.267 e. The number of hydrogen-bond acceptors (Lipinski definition) is 4. The van der Waals surface area contributed by atoms with Gasteiger partial charge in [0.15, 0.2) is 0 Å². The second-order valence-corrected chi connectivity index (χ2v) is 10.5. The Morgan fingerprint density at radius 1 is 1.18 bits per heavy atom. The first-order valence-electron chi connectivity index (χ1n) is 10.4. The molecule has 0 aromatic carbocycles. The molecule has 28 heavy (non-hydrogen) atoms. The van der Waals surface area contributed by atoms with E-state index in [4.69, 9.17) is 0 Å². The van der Waals surface area contributed by atoms with Crippen LogP contribution in [0.5, 0.6) is 0 Å². The zero-order chi connectivity index (χ0) is 20.3. The fourth-order valence-corrected chi connectivity index (χ4v) is 6.14. The lowest BCUT2D eigenvalue weighted by molar-refractivity contribution is 0.0939. The summed E-state index contributed by atoms with van der Waals surface area (Å²) in [5.74, 6) is 1.25. The number of carbonyl (C=O) groups is 1. The molecule has 0 aliphatic carbocycles. The molecule has 1 aromatic rings. The molecule has 8 heteroatoms. The Hall–Kier alpha value is -1.38. The fourth-order valence-electron chi connectivity index (χ4n) is 4.55. The van der Waals surface area contributed by atoms with Crippen molar-refractivity contribution >= 4 is 15.9 Å². The van der Waals surface area contributed by atoms with E-state index >= 15 is 0 Å². The Morgan fingerprint density at radius 2 is 1.82 bits per heavy atom. The molecule has 7 nitrogen and oxygen atoms in total. The van der Waals surface area contributed by atoms with E-state index in [1.807, 2.05) is 0 Å². The predicted molar refractivity (Wildman–Crippen MR) is 110 cm³/mol. The van der Waals surface area contributed by atoms with Crippen LogP contribution in [0, 0.1) is 11.8 Å². The van der Waals surface area contributed by atoms with Gasteiger partial charge in [-0.25, -0.2) is 8.42 Å². The first-order chi connectivity index (χ1) is 13.3. The zero-order valence-corrected chi connectivity index (χ0v) is 18.2. The highest BCUT2D eigenvalue weighted by Crippen LogP contribution is 2.23. The van der Waals surface area contributed by atoms with Crippen molar-refractivity contribution in [3.8, 4) is 0 Å². The van der Waals surface area contributed by atoms with Gasteiger partial charge in [0.2, 0.25) is 10.0 Å². The molecule has 2 atom stereocenters. The molecule has 0 spiro atoms. The molecule has 158 valence electrons. The van der Waals surface area contributed by atoms with E-state index in [2.05, 4.69) is 24.1 Å². The Balaban J connectivity index is 1.51. The summed E-state index contributed by atoms with van der Waals surface area (Å²) in [5.41, 5.74) is 0.387. The Kier molecular flexibility index (Phi) is 6.83. The lowest BCUT2D eigenvalue weighted by atomic mass is 9.92. The standard InChI is InChI=1S/C20H34N4O3S/c1-16-11-17(2)14-23(13-16)8-6-7-21-20(25)19-12-18(15-22(19)3)28(26,27)24-9-4-5-10-24/h12,15-17H,4-11,13-14H2,1-3H3,(H,21,25). The second-order valence-electron chi connectivity index (χ2n) is 8.60. The maximum atomic E-state index is 12.7. The molecular formula is C20H34N4O3S. The van der Waals surface area contributed by atoms with Gasteiger partial charge >= 0.3 is 0 Å². The number of likely N-dealkylation sites (tertiary alicyclic amines) is 1. The average Bonchev–Trinajstić information content (AvgIpc) is 3.28. The van der Waals surface area contributed by atoms with Gasteiger partial charge in [-0.2, -0.15) is 4.31 Å². The summed E-state index contributed by atoms with van der Waals surface area (Å²) in [4.78, 5) is 15.2. The normalized spacial score (nSPS) is 24.5. The quantitative estimate of drug-likeness (QED) is 0.697. The highest BCUT2D eigenvalue weighted by Gasteiger charge is 2.29. The third-order valence-electron chi connectivity index (χ3n) is 5.80. The minimum absolute atomic E-state index is 0.207. The van der Waals surface area contributed by atoms with Crippen molar-refractivity contribution in [2.45, 2.75) is 44.4 Å². The first-order valence-corrected chi connectivity index (χ1v) is 11.9. The highest BCUT2D eigenvalue weighted by molar-refractivity contribution is 7.89.